The van der Waals surface area contributed by atoms with E-state index in [0.717, 1.165) is 0 Å². The molecule has 1 heterocycles. The summed E-state index contributed by atoms with van der Waals surface area (Å²) in [7, 11) is 0. The van der Waals surface area contributed by atoms with Crippen molar-refractivity contribution in [1.82, 2.24) is 4.57 Å². The summed E-state index contributed by atoms with van der Waals surface area (Å²) >= 11 is 0. The highest BCUT2D eigenvalue weighted by Crippen LogP contribution is 2.33. The van der Waals surface area contributed by atoms with Crippen LogP contribution in [0.1, 0.15) is 23.6 Å². The van der Waals surface area contributed by atoms with E-state index in [1.807, 2.05) is 6.92 Å². The van der Waals surface area contributed by atoms with Crippen LogP contribution in [0.5, 0.6) is 0 Å². The highest BCUT2D eigenvalue weighted by atomic mass is 15.0. The molecule has 0 aliphatic carbocycles. The van der Waals surface area contributed by atoms with Gasteiger partial charge in [-0.05, 0) is 85.3 Å². The van der Waals surface area contributed by atoms with Gasteiger partial charge in [0, 0.05) is 16.5 Å². The lowest BCUT2D eigenvalue weighted by Crippen LogP contribution is -1.94. The first-order chi connectivity index (χ1) is 21.0. The van der Waals surface area contributed by atoms with Gasteiger partial charge in [0.05, 0.1) is 11.0 Å². The Balaban J connectivity index is 0.000000183. The molecular formula is C42H39N. The van der Waals surface area contributed by atoms with Crippen LogP contribution in [0.4, 0.5) is 0 Å². The van der Waals surface area contributed by atoms with Crippen LogP contribution in [0.15, 0.2) is 158 Å². The minimum atomic E-state index is 1.20. The number of aryl methyl sites for hydroxylation is 3. The fourth-order valence-electron chi connectivity index (χ4n) is 5.60. The zero-order valence-corrected chi connectivity index (χ0v) is 25.6. The SMILES string of the molecule is C=CC.Cc1cccc(-c2cccc(-n3c4ccccc4c4ccccc43)c2)c1.Cc1ccccc1-c1ccccc1C. The van der Waals surface area contributed by atoms with E-state index in [4.69, 9.17) is 0 Å². The molecule has 0 aliphatic rings. The molecule has 1 aromatic heterocycles. The van der Waals surface area contributed by atoms with Crippen molar-refractivity contribution in [3.63, 3.8) is 0 Å². The van der Waals surface area contributed by atoms with Crippen LogP contribution in [0.25, 0.3) is 49.7 Å². The molecule has 0 atom stereocenters. The number of nitrogens with zero attached hydrogens (tertiary/aromatic N) is 1. The van der Waals surface area contributed by atoms with Crippen LogP contribution in [-0.2, 0) is 0 Å². The summed E-state index contributed by atoms with van der Waals surface area (Å²) in [5.41, 5.74) is 12.8. The zero-order valence-electron chi connectivity index (χ0n) is 25.6. The second-order valence-electron chi connectivity index (χ2n) is 10.8. The number of benzene rings is 6. The quantitative estimate of drug-likeness (QED) is 0.190. The van der Waals surface area contributed by atoms with Gasteiger partial charge in [0.2, 0.25) is 0 Å². The molecule has 0 bridgehead atoms. The second-order valence-corrected chi connectivity index (χ2v) is 10.8. The summed E-state index contributed by atoms with van der Waals surface area (Å²) in [6, 6.07) is 51.8. The molecule has 0 saturated heterocycles. The maximum atomic E-state index is 3.36. The third-order valence-corrected chi connectivity index (χ3v) is 7.62. The highest BCUT2D eigenvalue weighted by molar-refractivity contribution is 6.09. The number of hydrogen-bond acceptors (Lipinski definition) is 0. The first-order valence-electron chi connectivity index (χ1n) is 14.9. The summed E-state index contributed by atoms with van der Waals surface area (Å²) < 4.78 is 2.37. The van der Waals surface area contributed by atoms with Crippen molar-refractivity contribution in [2.75, 3.05) is 0 Å². The standard InChI is InChI=1S/C25H19N.C14H14.C3H6/c1-18-8-6-9-19(16-18)20-10-7-11-21(17-20)26-24-14-4-2-12-22(24)23-13-3-5-15-25(23)26;1-11-7-3-5-9-13(11)14-10-6-4-8-12(14)2;1-3-2/h2-17H,1H3;3-10H,1-2H3;3H,1H2,2H3. The van der Waals surface area contributed by atoms with E-state index in [-0.39, 0.29) is 0 Å². The molecule has 0 amide bonds. The molecular weight excluding hydrogens is 518 g/mol. The van der Waals surface area contributed by atoms with Gasteiger partial charge in [0.25, 0.3) is 0 Å². The van der Waals surface area contributed by atoms with Crippen LogP contribution in [-0.4, -0.2) is 4.57 Å². The molecule has 1 nitrogen and oxygen atoms in total. The van der Waals surface area contributed by atoms with Gasteiger partial charge in [-0.25, -0.2) is 0 Å². The van der Waals surface area contributed by atoms with Crippen LogP contribution < -0.4 is 0 Å². The van der Waals surface area contributed by atoms with Gasteiger partial charge in [-0.1, -0.05) is 133 Å². The van der Waals surface area contributed by atoms with Crippen molar-refractivity contribution >= 4 is 21.8 Å². The van der Waals surface area contributed by atoms with Crippen molar-refractivity contribution < 1.29 is 0 Å². The van der Waals surface area contributed by atoms with E-state index in [1.54, 1.807) is 6.08 Å². The molecule has 7 aromatic rings. The molecule has 43 heavy (non-hydrogen) atoms. The monoisotopic (exact) mass is 557 g/mol. The molecule has 7 rings (SSSR count). The van der Waals surface area contributed by atoms with Gasteiger partial charge in [0.15, 0.2) is 0 Å². The van der Waals surface area contributed by atoms with Crippen LogP contribution in [0.2, 0.25) is 0 Å². The van der Waals surface area contributed by atoms with Gasteiger partial charge in [0.1, 0.15) is 0 Å². The number of fused-ring (bicyclic) bond motifs is 3. The molecule has 0 fully saturated rings. The Bertz CT molecular complexity index is 1890. The first-order valence-corrected chi connectivity index (χ1v) is 14.9. The zero-order chi connectivity index (χ0) is 30.2. The smallest absolute Gasteiger partial charge is 0.0541 e. The summed E-state index contributed by atoms with van der Waals surface area (Å²) in [5, 5.41) is 2.59. The van der Waals surface area contributed by atoms with E-state index in [0.29, 0.717) is 0 Å². The molecule has 212 valence electrons. The van der Waals surface area contributed by atoms with Crippen molar-refractivity contribution in [2.24, 2.45) is 0 Å². The minimum absolute atomic E-state index is 1.20. The topological polar surface area (TPSA) is 4.93 Å². The van der Waals surface area contributed by atoms with Gasteiger partial charge in [-0.15, -0.1) is 6.58 Å². The lowest BCUT2D eigenvalue weighted by molar-refractivity contribution is 1.18. The van der Waals surface area contributed by atoms with Gasteiger partial charge >= 0.3 is 0 Å². The van der Waals surface area contributed by atoms with Crippen molar-refractivity contribution in [3.05, 3.63) is 175 Å². The molecule has 0 N–H and O–H groups in total. The largest absolute Gasteiger partial charge is 0.309 e. The van der Waals surface area contributed by atoms with E-state index < -0.39 is 0 Å². The third-order valence-electron chi connectivity index (χ3n) is 7.62. The molecule has 0 aliphatic heterocycles. The first kappa shape index (κ1) is 29.4. The molecule has 0 saturated carbocycles. The predicted molar refractivity (Wildman–Crippen MR) is 188 cm³/mol. The molecule has 6 aromatic carbocycles. The van der Waals surface area contributed by atoms with E-state index in [2.05, 4.69) is 178 Å². The lowest BCUT2D eigenvalue weighted by Gasteiger charge is -2.10. The molecule has 1 heteroatoms. The maximum Gasteiger partial charge on any atom is 0.0541 e. The number of rotatable bonds is 3. The number of para-hydroxylation sites is 2. The Morgan fingerprint density at radius 2 is 0.930 bits per heavy atom. The number of hydrogen-bond donors (Lipinski definition) is 0. The number of aromatic nitrogens is 1. The number of allylic oxidation sites excluding steroid dienone is 1. The van der Waals surface area contributed by atoms with Crippen molar-refractivity contribution in [3.8, 4) is 27.9 Å². The lowest BCUT2D eigenvalue weighted by atomic mass is 9.97. The normalized spacial score (nSPS) is 10.4. The molecule has 0 unspecified atom stereocenters. The fraction of sp³-hybridized carbons (Fsp3) is 0.0952. The van der Waals surface area contributed by atoms with Gasteiger partial charge in [-0.3, -0.25) is 0 Å². The Hall–Kier alpha value is -5.14. The van der Waals surface area contributed by atoms with Crippen LogP contribution in [0.3, 0.4) is 0 Å². The molecule has 0 radical (unpaired) electrons. The minimum Gasteiger partial charge on any atom is -0.309 e. The third kappa shape index (κ3) is 6.52. The van der Waals surface area contributed by atoms with Crippen LogP contribution >= 0.6 is 0 Å². The van der Waals surface area contributed by atoms with Crippen molar-refractivity contribution in [2.45, 2.75) is 27.7 Å². The highest BCUT2D eigenvalue weighted by Gasteiger charge is 2.11. The van der Waals surface area contributed by atoms with E-state index in [1.165, 1.54) is 66.4 Å². The average molecular weight is 558 g/mol. The fourth-order valence-corrected chi connectivity index (χ4v) is 5.60. The second kappa shape index (κ2) is 13.7. The Morgan fingerprint density at radius 1 is 0.488 bits per heavy atom. The Kier molecular flexibility index (Phi) is 9.34. The molecule has 0 spiro atoms. The van der Waals surface area contributed by atoms with E-state index >= 15 is 0 Å². The summed E-state index contributed by atoms with van der Waals surface area (Å²) in [6.07, 6.45) is 1.75. The van der Waals surface area contributed by atoms with Crippen molar-refractivity contribution in [1.29, 1.82) is 0 Å². The summed E-state index contributed by atoms with van der Waals surface area (Å²) in [6.45, 7) is 11.7. The van der Waals surface area contributed by atoms with Gasteiger partial charge < -0.3 is 4.57 Å². The average Bonchev–Trinajstić information content (AvgIpc) is 3.37. The van der Waals surface area contributed by atoms with Gasteiger partial charge in [-0.2, -0.15) is 0 Å². The summed E-state index contributed by atoms with van der Waals surface area (Å²) in [4.78, 5) is 0. The predicted octanol–water partition coefficient (Wildman–Crippen LogP) is 11.9. The summed E-state index contributed by atoms with van der Waals surface area (Å²) in [5.74, 6) is 0. The van der Waals surface area contributed by atoms with Crippen LogP contribution in [0, 0.1) is 20.8 Å². The Morgan fingerprint density at radius 3 is 1.44 bits per heavy atom. The maximum absolute atomic E-state index is 3.36. The van der Waals surface area contributed by atoms with E-state index in [9.17, 15) is 0 Å². The Labute approximate surface area is 256 Å².